The van der Waals surface area contributed by atoms with Gasteiger partial charge in [0.05, 0.1) is 0 Å². The van der Waals surface area contributed by atoms with Crippen molar-refractivity contribution >= 4 is 39.6 Å². The summed E-state index contributed by atoms with van der Waals surface area (Å²) < 4.78 is 0. The van der Waals surface area contributed by atoms with Gasteiger partial charge in [-0.05, 0) is 48.4 Å². The molecule has 0 unspecified atom stereocenters. The van der Waals surface area contributed by atoms with Gasteiger partial charge < -0.3 is 15.2 Å². The van der Waals surface area contributed by atoms with Crippen molar-refractivity contribution in [2.75, 3.05) is 19.6 Å². The van der Waals surface area contributed by atoms with E-state index in [9.17, 15) is 9.59 Å². The summed E-state index contributed by atoms with van der Waals surface area (Å²) in [4.78, 5) is 29.7. The summed E-state index contributed by atoms with van der Waals surface area (Å²) in [6.45, 7) is 4.04. The van der Waals surface area contributed by atoms with Crippen molar-refractivity contribution in [3.8, 4) is 0 Å². The molecule has 150 valence electrons. The molecule has 1 aliphatic heterocycles. The average Bonchev–Trinajstić information content (AvgIpc) is 3.42. The second-order valence-electron chi connectivity index (χ2n) is 7.39. The van der Waals surface area contributed by atoms with E-state index in [0.717, 1.165) is 18.5 Å². The van der Waals surface area contributed by atoms with Crippen LogP contribution in [0.5, 0.6) is 0 Å². The van der Waals surface area contributed by atoms with E-state index in [1.165, 1.54) is 33.4 Å². The fourth-order valence-electron chi connectivity index (χ4n) is 3.86. The molecule has 29 heavy (non-hydrogen) atoms. The van der Waals surface area contributed by atoms with Crippen LogP contribution in [0.25, 0.3) is 16.5 Å². The molecule has 6 heteroatoms. The lowest BCUT2D eigenvalue weighted by Crippen LogP contribution is -2.35. The van der Waals surface area contributed by atoms with E-state index < -0.39 is 0 Å². The summed E-state index contributed by atoms with van der Waals surface area (Å²) >= 11 is 1.50. The largest absolute Gasteiger partial charge is 0.361 e. The van der Waals surface area contributed by atoms with Gasteiger partial charge in [-0.2, -0.15) is 11.3 Å². The highest BCUT2D eigenvalue weighted by molar-refractivity contribution is 7.08. The predicted octanol–water partition coefficient (Wildman–Crippen LogP) is 4.36. The molecule has 0 spiro atoms. The third kappa shape index (κ3) is 4.27. The molecule has 2 N–H and O–H groups in total. The van der Waals surface area contributed by atoms with E-state index in [4.69, 9.17) is 0 Å². The number of hydrogen-bond acceptors (Lipinski definition) is 3. The van der Waals surface area contributed by atoms with Crippen molar-refractivity contribution in [3.63, 3.8) is 0 Å². The van der Waals surface area contributed by atoms with E-state index in [1.807, 2.05) is 15.7 Å². The van der Waals surface area contributed by atoms with Crippen molar-refractivity contribution in [2.24, 2.45) is 0 Å². The molecule has 0 bridgehead atoms. The van der Waals surface area contributed by atoms with E-state index in [0.29, 0.717) is 31.5 Å². The first-order valence-electron chi connectivity index (χ1n) is 9.98. The molecule has 0 atom stereocenters. The molecule has 2 aromatic heterocycles. The highest BCUT2D eigenvalue weighted by Gasteiger charge is 2.19. The van der Waals surface area contributed by atoms with Gasteiger partial charge in [-0.3, -0.25) is 9.59 Å². The summed E-state index contributed by atoms with van der Waals surface area (Å²) in [7, 11) is 0. The SMILES string of the molecule is Cc1cccc2[nH]cc(C3=CCN(C(=O)CCCNC(=O)c4ccsc4)CC3)c12. The number of aromatic amines is 1. The molecule has 2 amide bonds. The Labute approximate surface area is 174 Å². The maximum absolute atomic E-state index is 12.5. The first-order chi connectivity index (χ1) is 14.1. The Kier molecular flexibility index (Phi) is 5.81. The number of aryl methyl sites for hydroxylation is 1. The van der Waals surface area contributed by atoms with Crippen molar-refractivity contribution in [2.45, 2.75) is 26.2 Å². The van der Waals surface area contributed by atoms with Crippen molar-refractivity contribution < 1.29 is 9.59 Å². The third-order valence-corrected chi connectivity index (χ3v) is 6.14. The Morgan fingerprint density at radius 1 is 1.28 bits per heavy atom. The van der Waals surface area contributed by atoms with Crippen molar-refractivity contribution in [1.82, 2.24) is 15.2 Å². The minimum atomic E-state index is -0.0710. The number of carbonyl (C=O) groups is 2. The number of benzene rings is 1. The molecule has 0 fully saturated rings. The monoisotopic (exact) mass is 407 g/mol. The number of rotatable bonds is 6. The molecular formula is C23H25N3O2S. The molecule has 3 aromatic rings. The number of aromatic nitrogens is 1. The third-order valence-electron chi connectivity index (χ3n) is 5.46. The van der Waals surface area contributed by atoms with Gasteiger partial charge in [0, 0.05) is 59.7 Å². The summed E-state index contributed by atoms with van der Waals surface area (Å²) in [5.74, 6) is 0.0819. The quantitative estimate of drug-likeness (QED) is 0.596. The Bertz CT molecular complexity index is 1050. The van der Waals surface area contributed by atoms with Crippen LogP contribution in [0, 0.1) is 6.92 Å². The van der Waals surface area contributed by atoms with Crippen LogP contribution in [0.4, 0.5) is 0 Å². The Morgan fingerprint density at radius 2 is 2.17 bits per heavy atom. The highest BCUT2D eigenvalue weighted by Crippen LogP contribution is 2.31. The van der Waals surface area contributed by atoms with Crippen LogP contribution in [0.2, 0.25) is 0 Å². The van der Waals surface area contributed by atoms with Gasteiger partial charge in [0.2, 0.25) is 5.91 Å². The minimum Gasteiger partial charge on any atom is -0.361 e. The number of amides is 2. The molecule has 0 aliphatic carbocycles. The zero-order chi connectivity index (χ0) is 20.2. The summed E-state index contributed by atoms with van der Waals surface area (Å²) in [5.41, 5.74) is 5.66. The molecular weight excluding hydrogens is 382 g/mol. The first kappa shape index (κ1) is 19.5. The minimum absolute atomic E-state index is 0.0710. The number of thiophene rings is 1. The van der Waals surface area contributed by atoms with Crippen LogP contribution in [-0.2, 0) is 4.79 Å². The van der Waals surface area contributed by atoms with Gasteiger partial charge in [0.15, 0.2) is 0 Å². The highest BCUT2D eigenvalue weighted by atomic mass is 32.1. The van der Waals surface area contributed by atoms with Gasteiger partial charge in [0.25, 0.3) is 5.91 Å². The van der Waals surface area contributed by atoms with E-state index in [2.05, 4.69) is 47.7 Å². The lowest BCUT2D eigenvalue weighted by atomic mass is 9.96. The fourth-order valence-corrected chi connectivity index (χ4v) is 4.49. The summed E-state index contributed by atoms with van der Waals surface area (Å²) in [5, 5.41) is 7.86. The number of carbonyl (C=O) groups excluding carboxylic acids is 2. The lowest BCUT2D eigenvalue weighted by molar-refractivity contribution is -0.130. The van der Waals surface area contributed by atoms with E-state index in [1.54, 1.807) is 6.07 Å². The molecule has 3 heterocycles. The molecule has 1 aromatic carbocycles. The number of nitrogens with zero attached hydrogens (tertiary/aromatic N) is 1. The van der Waals surface area contributed by atoms with Crippen LogP contribution < -0.4 is 5.32 Å². The van der Waals surface area contributed by atoms with Crippen LogP contribution >= 0.6 is 11.3 Å². The second-order valence-corrected chi connectivity index (χ2v) is 8.17. The molecule has 0 saturated heterocycles. The van der Waals surface area contributed by atoms with Crippen LogP contribution in [0.3, 0.4) is 0 Å². The van der Waals surface area contributed by atoms with Crippen molar-refractivity contribution in [3.05, 3.63) is 64.0 Å². The number of fused-ring (bicyclic) bond motifs is 1. The lowest BCUT2D eigenvalue weighted by Gasteiger charge is -2.26. The maximum atomic E-state index is 12.5. The molecule has 1 aliphatic rings. The second kappa shape index (κ2) is 8.66. The predicted molar refractivity (Wildman–Crippen MR) is 118 cm³/mol. The first-order valence-corrected chi connectivity index (χ1v) is 10.9. The van der Waals surface area contributed by atoms with Gasteiger partial charge in [0.1, 0.15) is 0 Å². The van der Waals surface area contributed by atoms with E-state index >= 15 is 0 Å². The zero-order valence-corrected chi connectivity index (χ0v) is 17.3. The fraction of sp³-hybridized carbons (Fsp3) is 0.304. The number of H-pyrrole nitrogens is 1. The van der Waals surface area contributed by atoms with Crippen LogP contribution in [0.1, 0.15) is 40.7 Å². The smallest absolute Gasteiger partial charge is 0.252 e. The Balaban J connectivity index is 1.29. The molecule has 4 rings (SSSR count). The standard InChI is InChI=1S/C23H25N3O2S/c1-16-4-2-5-20-22(16)19(14-25-20)17-7-11-26(12-8-17)21(27)6-3-10-24-23(28)18-9-13-29-15-18/h2,4-5,7,9,13-15,25H,3,6,8,10-12H2,1H3,(H,24,28). The Morgan fingerprint density at radius 3 is 2.93 bits per heavy atom. The van der Waals surface area contributed by atoms with E-state index in [-0.39, 0.29) is 11.8 Å². The van der Waals surface area contributed by atoms with Gasteiger partial charge in [-0.25, -0.2) is 0 Å². The van der Waals surface area contributed by atoms with Crippen LogP contribution in [-0.4, -0.2) is 41.3 Å². The maximum Gasteiger partial charge on any atom is 0.252 e. The van der Waals surface area contributed by atoms with Gasteiger partial charge in [-0.1, -0.05) is 18.2 Å². The van der Waals surface area contributed by atoms with Gasteiger partial charge >= 0.3 is 0 Å². The number of nitrogens with one attached hydrogen (secondary N) is 2. The zero-order valence-electron chi connectivity index (χ0n) is 16.5. The van der Waals surface area contributed by atoms with Crippen molar-refractivity contribution in [1.29, 1.82) is 0 Å². The summed E-state index contributed by atoms with van der Waals surface area (Å²) in [6.07, 6.45) is 6.23. The molecule has 5 nitrogen and oxygen atoms in total. The van der Waals surface area contributed by atoms with Gasteiger partial charge in [-0.15, -0.1) is 0 Å². The molecule has 0 saturated carbocycles. The van der Waals surface area contributed by atoms with Crippen LogP contribution in [0.15, 0.2) is 47.3 Å². The summed E-state index contributed by atoms with van der Waals surface area (Å²) in [6, 6.07) is 8.10. The topological polar surface area (TPSA) is 65.2 Å². The Hall–Kier alpha value is -2.86. The normalized spacial score (nSPS) is 14.1. The molecule has 0 radical (unpaired) electrons. The number of hydrogen-bond donors (Lipinski definition) is 2. The average molecular weight is 408 g/mol.